The van der Waals surface area contributed by atoms with Crippen LogP contribution in [0.1, 0.15) is 27.0 Å². The van der Waals surface area contributed by atoms with Crippen molar-refractivity contribution < 1.29 is 14.8 Å². The van der Waals surface area contributed by atoms with E-state index in [-0.39, 0.29) is 23.1 Å². The van der Waals surface area contributed by atoms with E-state index in [0.717, 1.165) is 11.1 Å². The molecule has 4 rings (SSSR count). The Bertz CT molecular complexity index is 1270. The molecular formula is C26H22ClN3O3. The van der Waals surface area contributed by atoms with Gasteiger partial charge in [-0.2, -0.15) is 0 Å². The third kappa shape index (κ3) is 4.96. The van der Waals surface area contributed by atoms with Gasteiger partial charge in [-0.25, -0.2) is 0 Å². The van der Waals surface area contributed by atoms with E-state index in [0.29, 0.717) is 28.3 Å². The average molecular weight is 460 g/mol. The van der Waals surface area contributed by atoms with E-state index in [2.05, 4.69) is 15.8 Å². The van der Waals surface area contributed by atoms with E-state index in [1.807, 2.05) is 43.3 Å². The number of anilines is 1. The van der Waals surface area contributed by atoms with Gasteiger partial charge >= 0.3 is 0 Å². The molecule has 0 aliphatic heterocycles. The quantitative estimate of drug-likeness (QED) is 0.366. The number of fused-ring (bicyclic) bond motifs is 1. The van der Waals surface area contributed by atoms with E-state index in [4.69, 9.17) is 11.6 Å². The minimum Gasteiger partial charge on any atom is -0.410 e. The van der Waals surface area contributed by atoms with Crippen LogP contribution in [0.2, 0.25) is 5.02 Å². The summed E-state index contributed by atoms with van der Waals surface area (Å²) in [6.45, 7) is 1.88. The monoisotopic (exact) mass is 459 g/mol. The van der Waals surface area contributed by atoms with Crippen molar-refractivity contribution in [1.29, 1.82) is 0 Å². The maximum atomic E-state index is 13.3. The van der Waals surface area contributed by atoms with Crippen LogP contribution in [0.25, 0.3) is 0 Å². The first kappa shape index (κ1) is 22.3. The molecule has 0 fully saturated rings. The fraction of sp³-hybridized carbons (Fsp3) is 0.115. The van der Waals surface area contributed by atoms with Crippen LogP contribution in [0.5, 0.6) is 0 Å². The summed E-state index contributed by atoms with van der Waals surface area (Å²) in [4.78, 5) is 26.4. The highest BCUT2D eigenvalue weighted by Crippen LogP contribution is 2.23. The fourth-order valence-electron chi connectivity index (χ4n) is 3.67. The SMILES string of the molecule is Cc1ccc(NC(=O)[C@@H](Cc2ccccc2)NC2=CC(=NO)c3ccccc3C2=O)cc1Cl. The van der Waals surface area contributed by atoms with Crippen LogP contribution in [-0.2, 0) is 11.2 Å². The third-order valence-corrected chi connectivity index (χ3v) is 5.86. The van der Waals surface area contributed by atoms with Gasteiger partial charge in [-0.05, 0) is 36.3 Å². The average Bonchev–Trinajstić information content (AvgIpc) is 2.83. The van der Waals surface area contributed by atoms with Crippen molar-refractivity contribution in [2.24, 2.45) is 5.16 Å². The molecule has 3 aromatic carbocycles. The Morgan fingerprint density at radius 1 is 1.03 bits per heavy atom. The standard InChI is InChI=1S/C26H22ClN3O3/c1-16-11-12-18(14-21(16)27)28-26(32)24(13-17-7-3-2-4-8-17)29-23-15-22(30-33)19-9-5-6-10-20(19)25(23)31/h2-12,14-15,24,29,33H,13H2,1H3,(H,28,32)/t24-/m1/s1. The zero-order valence-corrected chi connectivity index (χ0v) is 18.6. The molecule has 1 aliphatic rings. The molecule has 1 atom stereocenters. The number of halogens is 1. The number of oxime groups is 1. The van der Waals surface area contributed by atoms with Crippen molar-refractivity contribution in [2.45, 2.75) is 19.4 Å². The summed E-state index contributed by atoms with van der Waals surface area (Å²) < 4.78 is 0. The lowest BCUT2D eigenvalue weighted by atomic mass is 9.91. The number of nitrogens with one attached hydrogen (secondary N) is 2. The predicted molar refractivity (Wildman–Crippen MR) is 129 cm³/mol. The number of amides is 1. The molecule has 0 spiro atoms. The zero-order valence-electron chi connectivity index (χ0n) is 17.9. The number of hydrogen-bond donors (Lipinski definition) is 3. The Hall–Kier alpha value is -3.90. The molecule has 166 valence electrons. The minimum absolute atomic E-state index is 0.180. The summed E-state index contributed by atoms with van der Waals surface area (Å²) in [7, 11) is 0. The maximum absolute atomic E-state index is 13.3. The van der Waals surface area contributed by atoms with Gasteiger partial charge in [-0.3, -0.25) is 9.59 Å². The van der Waals surface area contributed by atoms with Crippen LogP contribution in [0.4, 0.5) is 5.69 Å². The van der Waals surface area contributed by atoms with Crippen molar-refractivity contribution in [3.05, 3.63) is 112 Å². The first-order valence-electron chi connectivity index (χ1n) is 10.4. The van der Waals surface area contributed by atoms with Crippen LogP contribution in [0.15, 0.2) is 89.7 Å². The number of aryl methyl sites for hydroxylation is 1. The molecule has 0 saturated carbocycles. The number of ketones is 1. The van der Waals surface area contributed by atoms with Crippen LogP contribution >= 0.6 is 11.6 Å². The molecule has 0 unspecified atom stereocenters. The second-order valence-corrected chi connectivity index (χ2v) is 8.17. The Morgan fingerprint density at radius 3 is 2.42 bits per heavy atom. The van der Waals surface area contributed by atoms with E-state index < -0.39 is 6.04 Å². The zero-order chi connectivity index (χ0) is 23.4. The van der Waals surface area contributed by atoms with Crippen molar-refractivity contribution in [1.82, 2.24) is 5.32 Å². The maximum Gasteiger partial charge on any atom is 0.247 e. The summed E-state index contributed by atoms with van der Waals surface area (Å²) in [6.07, 6.45) is 1.79. The van der Waals surface area contributed by atoms with Crippen molar-refractivity contribution in [3.8, 4) is 0 Å². The van der Waals surface area contributed by atoms with Crippen LogP contribution in [0.3, 0.4) is 0 Å². The van der Waals surface area contributed by atoms with E-state index in [1.165, 1.54) is 6.08 Å². The number of allylic oxidation sites excluding steroid dienone is 2. The Labute approximate surface area is 196 Å². The van der Waals surface area contributed by atoms with Gasteiger partial charge in [-0.15, -0.1) is 0 Å². The summed E-state index contributed by atoms with van der Waals surface area (Å²) in [5, 5.41) is 19.3. The van der Waals surface area contributed by atoms with Gasteiger partial charge in [0.05, 0.1) is 5.70 Å². The van der Waals surface area contributed by atoms with Gasteiger partial charge in [0.2, 0.25) is 11.7 Å². The van der Waals surface area contributed by atoms with Crippen molar-refractivity contribution in [2.75, 3.05) is 5.32 Å². The number of rotatable bonds is 6. The topological polar surface area (TPSA) is 90.8 Å². The van der Waals surface area contributed by atoms with E-state index in [1.54, 1.807) is 36.4 Å². The highest BCUT2D eigenvalue weighted by molar-refractivity contribution is 6.31. The summed E-state index contributed by atoms with van der Waals surface area (Å²) in [5.74, 6) is -0.601. The molecule has 1 amide bonds. The molecule has 3 N–H and O–H groups in total. The molecule has 0 saturated heterocycles. The number of Topliss-reactive ketones (excluding diaryl/α,β-unsaturated/α-hetero) is 1. The van der Waals surface area contributed by atoms with Gasteiger partial charge in [0.1, 0.15) is 11.8 Å². The van der Waals surface area contributed by atoms with Crippen LogP contribution in [-0.4, -0.2) is 28.7 Å². The number of nitrogens with zero attached hydrogens (tertiary/aromatic N) is 1. The number of hydrogen-bond acceptors (Lipinski definition) is 5. The smallest absolute Gasteiger partial charge is 0.247 e. The summed E-state index contributed by atoms with van der Waals surface area (Å²) in [5.41, 5.74) is 3.75. The Morgan fingerprint density at radius 2 is 1.73 bits per heavy atom. The largest absolute Gasteiger partial charge is 0.410 e. The lowest BCUT2D eigenvalue weighted by molar-refractivity contribution is -0.117. The highest BCUT2D eigenvalue weighted by atomic mass is 35.5. The highest BCUT2D eigenvalue weighted by Gasteiger charge is 2.28. The molecular weight excluding hydrogens is 438 g/mol. The lowest BCUT2D eigenvalue weighted by Crippen LogP contribution is -2.44. The number of carbonyl (C=O) groups is 2. The molecule has 33 heavy (non-hydrogen) atoms. The van der Waals surface area contributed by atoms with Gasteiger partial charge in [0.15, 0.2) is 0 Å². The van der Waals surface area contributed by atoms with Gasteiger partial charge < -0.3 is 15.8 Å². The number of carbonyl (C=O) groups excluding carboxylic acids is 2. The summed E-state index contributed by atoms with van der Waals surface area (Å²) in [6, 6.07) is 20.9. The van der Waals surface area contributed by atoms with Crippen molar-refractivity contribution in [3.63, 3.8) is 0 Å². The van der Waals surface area contributed by atoms with E-state index in [9.17, 15) is 14.8 Å². The van der Waals surface area contributed by atoms with Gasteiger partial charge in [0.25, 0.3) is 0 Å². The fourth-order valence-corrected chi connectivity index (χ4v) is 3.85. The number of benzene rings is 3. The second kappa shape index (κ2) is 9.71. The molecule has 0 heterocycles. The molecule has 0 aromatic heterocycles. The molecule has 7 heteroatoms. The molecule has 0 bridgehead atoms. The third-order valence-electron chi connectivity index (χ3n) is 5.45. The van der Waals surface area contributed by atoms with Crippen molar-refractivity contribution >= 4 is 34.7 Å². The first-order chi connectivity index (χ1) is 16.0. The van der Waals surface area contributed by atoms with Gasteiger partial charge in [-0.1, -0.05) is 77.4 Å². The Kier molecular flexibility index (Phi) is 6.56. The summed E-state index contributed by atoms with van der Waals surface area (Å²) >= 11 is 6.20. The van der Waals surface area contributed by atoms with Crippen LogP contribution < -0.4 is 10.6 Å². The predicted octanol–water partition coefficient (Wildman–Crippen LogP) is 4.75. The molecule has 1 aliphatic carbocycles. The minimum atomic E-state index is -0.770. The Balaban J connectivity index is 1.63. The van der Waals surface area contributed by atoms with E-state index >= 15 is 0 Å². The molecule has 6 nitrogen and oxygen atoms in total. The first-order valence-corrected chi connectivity index (χ1v) is 10.8. The van der Waals surface area contributed by atoms with Gasteiger partial charge in [0, 0.05) is 28.3 Å². The normalized spacial score (nSPS) is 14.9. The second-order valence-electron chi connectivity index (χ2n) is 7.76. The molecule has 3 aromatic rings. The van der Waals surface area contributed by atoms with Crippen LogP contribution in [0, 0.1) is 6.92 Å². The lowest BCUT2D eigenvalue weighted by Gasteiger charge is -2.24. The molecule has 0 radical (unpaired) electrons.